The monoisotopic (exact) mass is 357 g/mol. The van der Waals surface area contributed by atoms with Crippen molar-refractivity contribution in [3.8, 4) is 11.7 Å². The maximum Gasteiger partial charge on any atom is 0.311 e. The van der Waals surface area contributed by atoms with Gasteiger partial charge in [0.1, 0.15) is 5.76 Å². The molecule has 0 bridgehead atoms. The van der Waals surface area contributed by atoms with Gasteiger partial charge in [-0.05, 0) is 24.3 Å². The van der Waals surface area contributed by atoms with Crippen LogP contribution in [0.15, 0.2) is 50.0 Å². The van der Waals surface area contributed by atoms with Gasteiger partial charge in [-0.25, -0.2) is 0 Å². The first-order valence-corrected chi connectivity index (χ1v) is 8.02. The number of rotatable bonds is 6. The molecule has 1 amide bonds. The van der Waals surface area contributed by atoms with E-state index in [0.717, 1.165) is 0 Å². The maximum absolute atomic E-state index is 12.2. The maximum atomic E-state index is 12.2. The number of likely N-dealkylation sites (tertiary alicyclic amines) is 1. The first-order chi connectivity index (χ1) is 12.7. The fourth-order valence-corrected chi connectivity index (χ4v) is 2.74. The molecule has 0 N–H and O–H groups in total. The Hall–Kier alpha value is -3.36. The van der Waals surface area contributed by atoms with Crippen LogP contribution in [0.25, 0.3) is 11.7 Å². The van der Waals surface area contributed by atoms with Crippen molar-refractivity contribution < 1.29 is 27.6 Å². The Balaban J connectivity index is 1.30. The SMILES string of the molecule is O=C(OCc1nnc(-c2ccco2)o1)[C@@H]1CC(=O)N(Cc2ccco2)C1. The first kappa shape index (κ1) is 16.1. The highest BCUT2D eigenvalue weighted by atomic mass is 16.5. The summed E-state index contributed by atoms with van der Waals surface area (Å²) < 4.78 is 21.0. The highest BCUT2D eigenvalue weighted by molar-refractivity contribution is 5.86. The number of hydrogen-bond donors (Lipinski definition) is 0. The minimum Gasteiger partial charge on any atom is -0.467 e. The van der Waals surface area contributed by atoms with E-state index < -0.39 is 11.9 Å². The molecule has 3 aromatic heterocycles. The topological polar surface area (TPSA) is 112 Å². The van der Waals surface area contributed by atoms with Gasteiger partial charge in [-0.15, -0.1) is 10.2 Å². The lowest BCUT2D eigenvalue weighted by Crippen LogP contribution is -2.26. The smallest absolute Gasteiger partial charge is 0.311 e. The van der Waals surface area contributed by atoms with Gasteiger partial charge in [0, 0.05) is 13.0 Å². The zero-order chi connectivity index (χ0) is 17.9. The molecule has 0 spiro atoms. The van der Waals surface area contributed by atoms with Crippen LogP contribution in [0.5, 0.6) is 0 Å². The number of furan rings is 2. The van der Waals surface area contributed by atoms with Crippen molar-refractivity contribution in [3.63, 3.8) is 0 Å². The van der Waals surface area contributed by atoms with Gasteiger partial charge in [0.2, 0.25) is 5.91 Å². The zero-order valence-electron chi connectivity index (χ0n) is 13.7. The Labute approximate surface area is 147 Å². The molecule has 1 atom stereocenters. The van der Waals surface area contributed by atoms with E-state index in [-0.39, 0.29) is 30.7 Å². The molecule has 1 saturated heterocycles. The molecule has 0 aliphatic carbocycles. The van der Waals surface area contributed by atoms with Gasteiger partial charge in [0.05, 0.1) is 25.0 Å². The lowest BCUT2D eigenvalue weighted by atomic mass is 10.1. The van der Waals surface area contributed by atoms with E-state index in [9.17, 15) is 9.59 Å². The largest absolute Gasteiger partial charge is 0.467 e. The van der Waals surface area contributed by atoms with Crippen LogP contribution in [0, 0.1) is 5.92 Å². The van der Waals surface area contributed by atoms with Crippen LogP contribution in [0.4, 0.5) is 0 Å². The second-order valence-electron chi connectivity index (χ2n) is 5.84. The highest BCUT2D eigenvalue weighted by Crippen LogP contribution is 2.22. The molecule has 4 heterocycles. The molecule has 0 aromatic carbocycles. The van der Waals surface area contributed by atoms with Gasteiger partial charge in [-0.3, -0.25) is 9.59 Å². The predicted molar refractivity (Wildman–Crippen MR) is 84.0 cm³/mol. The van der Waals surface area contributed by atoms with E-state index in [4.69, 9.17) is 18.0 Å². The number of nitrogens with zero attached hydrogens (tertiary/aromatic N) is 3. The Morgan fingerprint density at radius 3 is 2.85 bits per heavy atom. The van der Waals surface area contributed by atoms with E-state index >= 15 is 0 Å². The Morgan fingerprint density at radius 1 is 1.23 bits per heavy atom. The molecule has 3 aromatic rings. The summed E-state index contributed by atoms with van der Waals surface area (Å²) in [5.74, 6) is 0.362. The summed E-state index contributed by atoms with van der Waals surface area (Å²) in [6.07, 6.45) is 3.15. The average Bonchev–Trinajstić information content (AvgIpc) is 3.42. The second-order valence-corrected chi connectivity index (χ2v) is 5.84. The standard InChI is InChI=1S/C17H15N3O6/c21-15-7-11(8-20(15)9-12-3-1-5-23-12)17(22)25-10-14-18-19-16(26-14)13-4-2-6-24-13/h1-6,11H,7-10H2/t11-/m1/s1. The second kappa shape index (κ2) is 6.87. The number of carbonyl (C=O) groups excluding carboxylic acids is 2. The molecule has 1 fully saturated rings. The van der Waals surface area contributed by atoms with Crippen LogP contribution in [0.2, 0.25) is 0 Å². The van der Waals surface area contributed by atoms with Crippen LogP contribution in [0.1, 0.15) is 18.1 Å². The summed E-state index contributed by atoms with van der Waals surface area (Å²) in [4.78, 5) is 25.8. The Bertz CT molecular complexity index is 884. The lowest BCUT2D eigenvalue weighted by molar-refractivity contribution is -0.150. The number of carbonyl (C=O) groups is 2. The van der Waals surface area contributed by atoms with Gasteiger partial charge >= 0.3 is 5.97 Å². The molecule has 9 heteroatoms. The fourth-order valence-electron chi connectivity index (χ4n) is 2.74. The van der Waals surface area contributed by atoms with Crippen LogP contribution in [0.3, 0.4) is 0 Å². The molecule has 0 unspecified atom stereocenters. The van der Waals surface area contributed by atoms with E-state index in [1.807, 2.05) is 0 Å². The summed E-state index contributed by atoms with van der Waals surface area (Å²) in [6.45, 7) is 0.473. The summed E-state index contributed by atoms with van der Waals surface area (Å²) in [6, 6.07) is 6.92. The minimum absolute atomic E-state index is 0.110. The molecule has 0 radical (unpaired) electrons. The minimum atomic E-state index is -0.523. The van der Waals surface area contributed by atoms with Crippen molar-refractivity contribution in [3.05, 3.63) is 48.4 Å². The van der Waals surface area contributed by atoms with Gasteiger partial charge in [-0.2, -0.15) is 0 Å². The molecule has 1 aliphatic heterocycles. The number of ether oxygens (including phenoxy) is 1. The zero-order valence-corrected chi connectivity index (χ0v) is 13.7. The highest BCUT2D eigenvalue weighted by Gasteiger charge is 2.35. The number of esters is 1. The van der Waals surface area contributed by atoms with Gasteiger partial charge in [-0.1, -0.05) is 0 Å². The van der Waals surface area contributed by atoms with Gasteiger partial charge in [0.15, 0.2) is 12.4 Å². The number of amides is 1. The average molecular weight is 357 g/mol. The molecule has 0 saturated carbocycles. The van der Waals surface area contributed by atoms with Crippen molar-refractivity contribution in [1.29, 1.82) is 0 Å². The molecule has 4 rings (SSSR count). The van der Waals surface area contributed by atoms with Crippen LogP contribution < -0.4 is 0 Å². The van der Waals surface area contributed by atoms with Crippen molar-refractivity contribution >= 4 is 11.9 Å². The van der Waals surface area contributed by atoms with Crippen molar-refractivity contribution in [2.75, 3.05) is 6.54 Å². The Morgan fingerprint density at radius 2 is 2.08 bits per heavy atom. The van der Waals surface area contributed by atoms with Gasteiger partial charge < -0.3 is 22.9 Å². The van der Waals surface area contributed by atoms with Crippen LogP contribution in [-0.2, 0) is 27.5 Å². The lowest BCUT2D eigenvalue weighted by Gasteiger charge is -2.14. The summed E-state index contributed by atoms with van der Waals surface area (Å²) in [5, 5.41) is 7.63. The molecule has 1 aliphatic rings. The van der Waals surface area contributed by atoms with E-state index in [2.05, 4.69) is 10.2 Å². The first-order valence-electron chi connectivity index (χ1n) is 8.02. The van der Waals surface area contributed by atoms with Crippen molar-refractivity contribution in [1.82, 2.24) is 15.1 Å². The predicted octanol–water partition coefficient (Wildman–Crippen LogP) is 2.01. The number of hydrogen-bond acceptors (Lipinski definition) is 8. The van der Waals surface area contributed by atoms with E-state index in [1.54, 1.807) is 35.4 Å². The third-order valence-corrected chi connectivity index (χ3v) is 4.01. The molecular weight excluding hydrogens is 342 g/mol. The van der Waals surface area contributed by atoms with E-state index in [1.165, 1.54) is 6.26 Å². The molecule has 26 heavy (non-hydrogen) atoms. The summed E-state index contributed by atoms with van der Waals surface area (Å²) in [5.41, 5.74) is 0. The molecule has 9 nitrogen and oxygen atoms in total. The summed E-state index contributed by atoms with van der Waals surface area (Å²) in [7, 11) is 0. The molecular formula is C17H15N3O6. The van der Waals surface area contributed by atoms with Gasteiger partial charge in [0.25, 0.3) is 11.8 Å². The fraction of sp³-hybridized carbons (Fsp3) is 0.294. The number of aromatic nitrogens is 2. The van der Waals surface area contributed by atoms with E-state index in [0.29, 0.717) is 24.6 Å². The third kappa shape index (κ3) is 3.37. The van der Waals surface area contributed by atoms with Crippen LogP contribution in [-0.4, -0.2) is 33.5 Å². The van der Waals surface area contributed by atoms with Crippen molar-refractivity contribution in [2.24, 2.45) is 5.92 Å². The van der Waals surface area contributed by atoms with Crippen LogP contribution >= 0.6 is 0 Å². The normalized spacial score (nSPS) is 17.0. The summed E-state index contributed by atoms with van der Waals surface area (Å²) >= 11 is 0. The Kier molecular flexibility index (Phi) is 4.26. The third-order valence-electron chi connectivity index (χ3n) is 4.01. The molecule has 134 valence electrons. The quantitative estimate of drug-likeness (QED) is 0.616. The van der Waals surface area contributed by atoms with Crippen molar-refractivity contribution in [2.45, 2.75) is 19.6 Å².